The number of benzene rings is 4. The molecule has 8 rings (SSSR count). The van der Waals surface area contributed by atoms with Crippen LogP contribution in [0.2, 0.25) is 5.02 Å². The minimum atomic E-state index is -1.64. The number of rotatable bonds is 7. The smallest absolute Gasteiger partial charge is 0.271 e. The highest BCUT2D eigenvalue weighted by Crippen LogP contribution is 2.64. The van der Waals surface area contributed by atoms with E-state index in [0.717, 1.165) is 9.91 Å². The Hall–Kier alpha value is -6.08. The molecule has 2 saturated heterocycles. The maximum absolute atomic E-state index is 15.2. The van der Waals surface area contributed by atoms with E-state index in [1.165, 1.54) is 61.7 Å². The summed E-state index contributed by atoms with van der Waals surface area (Å²) in [5.74, 6) is -7.42. The Morgan fingerprint density at radius 3 is 2.36 bits per heavy atom. The van der Waals surface area contributed by atoms with Crippen molar-refractivity contribution in [1.82, 2.24) is 5.01 Å². The molecule has 2 N–H and O–H groups in total. The van der Waals surface area contributed by atoms with Gasteiger partial charge in [0.25, 0.3) is 17.5 Å². The molecule has 1 saturated carbocycles. The number of ether oxygens (including phenoxy) is 1. The second-order valence-corrected chi connectivity index (χ2v) is 14.0. The van der Waals surface area contributed by atoms with Crippen molar-refractivity contribution in [3.05, 3.63) is 135 Å². The van der Waals surface area contributed by atoms with Crippen LogP contribution in [0.15, 0.2) is 103 Å². The average Bonchev–Trinajstić information content (AvgIpc) is 3.53. The van der Waals surface area contributed by atoms with Crippen LogP contribution < -0.4 is 15.1 Å². The standard InChI is InChI=1S/C39H30ClFN4O8/c1-53-32-16-5-20(17-31(32)46)34-27-14-15-28-33(37(49)43(35(28)47)25-3-2-4-26(18-25)45(51)52)29(27)19-30-36(48)44(42-24-12-10-23(41)11-13-24)38(50)39(30,34)21-6-8-22(40)9-7-21/h2-14,16-18,28-30,33-34,42,46H,15,19H2,1H3. The van der Waals surface area contributed by atoms with Gasteiger partial charge in [-0.2, -0.15) is 5.01 Å². The second kappa shape index (κ2) is 12.6. The van der Waals surface area contributed by atoms with Gasteiger partial charge < -0.3 is 9.84 Å². The third kappa shape index (κ3) is 5.09. The highest BCUT2D eigenvalue weighted by atomic mass is 35.5. The highest BCUT2D eigenvalue weighted by molar-refractivity contribution is 6.30. The van der Waals surface area contributed by atoms with E-state index in [0.29, 0.717) is 21.7 Å². The molecule has 6 unspecified atom stereocenters. The number of halogens is 2. The van der Waals surface area contributed by atoms with Gasteiger partial charge in [-0.15, -0.1) is 0 Å². The van der Waals surface area contributed by atoms with Gasteiger partial charge in [0.05, 0.1) is 46.6 Å². The Morgan fingerprint density at radius 2 is 1.68 bits per heavy atom. The lowest BCUT2D eigenvalue weighted by Gasteiger charge is -2.50. The van der Waals surface area contributed by atoms with Gasteiger partial charge in [-0.1, -0.05) is 47.5 Å². The average molecular weight is 737 g/mol. The number of nitro benzene ring substituents is 1. The summed E-state index contributed by atoms with van der Waals surface area (Å²) in [5.41, 5.74) is 2.84. The van der Waals surface area contributed by atoms with Crippen LogP contribution in [0.3, 0.4) is 0 Å². The van der Waals surface area contributed by atoms with Gasteiger partial charge in [-0.3, -0.25) is 34.7 Å². The molecule has 4 amide bonds. The highest BCUT2D eigenvalue weighted by Gasteiger charge is 2.70. The van der Waals surface area contributed by atoms with Crippen LogP contribution in [-0.4, -0.2) is 45.8 Å². The fraction of sp³-hybridized carbons (Fsp3) is 0.231. The number of aromatic hydroxyl groups is 1. The van der Waals surface area contributed by atoms with Gasteiger partial charge in [-0.05, 0) is 84.5 Å². The number of phenols is 1. The molecule has 14 heteroatoms. The Morgan fingerprint density at radius 1 is 0.943 bits per heavy atom. The summed E-state index contributed by atoms with van der Waals surface area (Å²) >= 11 is 6.33. The van der Waals surface area contributed by atoms with Crippen molar-refractivity contribution in [2.45, 2.75) is 24.2 Å². The number of imide groups is 2. The van der Waals surface area contributed by atoms with Crippen LogP contribution in [-0.2, 0) is 24.6 Å². The summed E-state index contributed by atoms with van der Waals surface area (Å²) in [5, 5.41) is 24.0. The number of fused-ring (bicyclic) bond motifs is 4. The number of carbonyl (C=O) groups excluding carboxylic acids is 4. The van der Waals surface area contributed by atoms with Crippen LogP contribution in [0.5, 0.6) is 11.5 Å². The number of hydrogen-bond donors (Lipinski definition) is 2. The molecule has 0 bridgehead atoms. The predicted molar refractivity (Wildman–Crippen MR) is 189 cm³/mol. The number of hydrogen-bond acceptors (Lipinski definition) is 9. The zero-order valence-corrected chi connectivity index (χ0v) is 28.7. The molecule has 268 valence electrons. The van der Waals surface area contributed by atoms with Crippen molar-refractivity contribution >= 4 is 52.3 Å². The maximum atomic E-state index is 15.2. The molecule has 2 aliphatic heterocycles. The van der Waals surface area contributed by atoms with Gasteiger partial charge in [0.2, 0.25) is 11.8 Å². The summed E-state index contributed by atoms with van der Waals surface area (Å²) < 4.78 is 19.2. The fourth-order valence-corrected chi connectivity index (χ4v) is 9.04. The molecular formula is C39H30ClFN4O8. The summed E-state index contributed by atoms with van der Waals surface area (Å²) in [7, 11) is 1.40. The van der Waals surface area contributed by atoms with E-state index in [-0.39, 0.29) is 41.4 Å². The number of allylic oxidation sites excluding steroid dienone is 2. The predicted octanol–water partition coefficient (Wildman–Crippen LogP) is 6.29. The molecular weight excluding hydrogens is 707 g/mol. The van der Waals surface area contributed by atoms with E-state index in [9.17, 15) is 34.0 Å². The first-order chi connectivity index (χ1) is 25.4. The van der Waals surface area contributed by atoms with Crippen molar-refractivity contribution < 1.29 is 38.3 Å². The van der Waals surface area contributed by atoms with Gasteiger partial charge >= 0.3 is 0 Å². The first-order valence-electron chi connectivity index (χ1n) is 16.8. The lowest BCUT2D eigenvalue weighted by atomic mass is 9.49. The monoisotopic (exact) mass is 736 g/mol. The molecule has 4 aromatic carbocycles. The number of nitrogens with one attached hydrogen (secondary N) is 1. The molecule has 0 radical (unpaired) electrons. The van der Waals surface area contributed by atoms with Gasteiger partial charge in [-0.25, -0.2) is 9.29 Å². The van der Waals surface area contributed by atoms with E-state index < -0.39 is 69.4 Å². The minimum Gasteiger partial charge on any atom is -0.504 e. The number of non-ortho nitro benzene ring substituents is 1. The number of nitrogens with zero attached hydrogens (tertiary/aromatic N) is 3. The normalized spacial score (nSPS) is 26.2. The van der Waals surface area contributed by atoms with Gasteiger partial charge in [0, 0.05) is 23.1 Å². The summed E-state index contributed by atoms with van der Waals surface area (Å²) in [6.07, 6.45) is 1.95. The maximum Gasteiger partial charge on any atom is 0.271 e. The van der Waals surface area contributed by atoms with Gasteiger partial charge in [0.1, 0.15) is 5.82 Å². The van der Waals surface area contributed by atoms with E-state index in [1.807, 2.05) is 6.08 Å². The zero-order valence-electron chi connectivity index (χ0n) is 27.9. The lowest BCUT2D eigenvalue weighted by molar-refractivity contribution is -0.384. The van der Waals surface area contributed by atoms with Crippen molar-refractivity contribution in [3.8, 4) is 11.5 Å². The zero-order chi connectivity index (χ0) is 37.3. The molecule has 4 aromatic rings. The summed E-state index contributed by atoms with van der Waals surface area (Å²) in [4.78, 5) is 70.3. The van der Waals surface area contributed by atoms with E-state index in [2.05, 4.69) is 5.43 Å². The topological polar surface area (TPSA) is 159 Å². The molecule has 0 aromatic heterocycles. The molecule has 2 heterocycles. The third-order valence-electron chi connectivity index (χ3n) is 11.1. The van der Waals surface area contributed by atoms with E-state index >= 15 is 4.79 Å². The van der Waals surface area contributed by atoms with Crippen molar-refractivity contribution in [2.75, 3.05) is 17.4 Å². The number of phenolic OH excluding ortho intramolecular Hbond substituents is 1. The van der Waals surface area contributed by atoms with E-state index in [4.69, 9.17) is 16.3 Å². The fourth-order valence-electron chi connectivity index (χ4n) is 8.92. The van der Waals surface area contributed by atoms with Crippen LogP contribution in [0.4, 0.5) is 21.5 Å². The molecule has 4 aliphatic rings. The molecule has 0 spiro atoms. The van der Waals surface area contributed by atoms with Crippen molar-refractivity contribution in [3.63, 3.8) is 0 Å². The number of nitro groups is 1. The first-order valence-corrected chi connectivity index (χ1v) is 17.2. The van der Waals surface area contributed by atoms with Crippen LogP contribution >= 0.6 is 11.6 Å². The number of hydrazine groups is 1. The van der Waals surface area contributed by atoms with E-state index in [1.54, 1.807) is 36.4 Å². The largest absolute Gasteiger partial charge is 0.504 e. The molecule has 12 nitrogen and oxygen atoms in total. The van der Waals surface area contributed by atoms with Crippen LogP contribution in [0.1, 0.15) is 29.9 Å². The summed E-state index contributed by atoms with van der Waals surface area (Å²) in [6, 6.07) is 21.8. The Balaban J connectivity index is 1.32. The SMILES string of the molecule is COc1ccc(C2C3=CCC4C(=O)N(c5cccc([N+](=O)[O-])c5)C(=O)C4C3CC3C(=O)N(Nc4ccc(F)cc4)C(=O)C32c2ccc(Cl)cc2)cc1O. The molecule has 3 fully saturated rings. The summed E-state index contributed by atoms with van der Waals surface area (Å²) in [6.45, 7) is 0. The Kier molecular flexibility index (Phi) is 8.06. The second-order valence-electron chi connectivity index (χ2n) is 13.6. The van der Waals surface area contributed by atoms with Crippen molar-refractivity contribution in [1.29, 1.82) is 0 Å². The first kappa shape index (κ1) is 34.0. The molecule has 53 heavy (non-hydrogen) atoms. The molecule has 2 aliphatic carbocycles. The quantitative estimate of drug-likeness (QED) is 0.0962. The molecule has 6 atom stereocenters. The Labute approximate surface area is 306 Å². The number of methoxy groups -OCH3 is 1. The van der Waals surface area contributed by atoms with Crippen LogP contribution in [0, 0.1) is 39.6 Å². The van der Waals surface area contributed by atoms with Crippen molar-refractivity contribution in [2.24, 2.45) is 23.7 Å². The number of anilines is 2. The van der Waals surface area contributed by atoms with Crippen LogP contribution in [0.25, 0.3) is 0 Å². The number of carbonyl (C=O) groups is 4. The van der Waals surface area contributed by atoms with Gasteiger partial charge in [0.15, 0.2) is 11.5 Å². The third-order valence-corrected chi connectivity index (χ3v) is 11.3. The minimum absolute atomic E-state index is 0.0117. The lowest BCUT2D eigenvalue weighted by Crippen LogP contribution is -2.53. The number of amides is 4. The Bertz CT molecular complexity index is 2260.